The van der Waals surface area contributed by atoms with E-state index in [-0.39, 0.29) is 6.61 Å². The first-order chi connectivity index (χ1) is 5.72. The number of nitrogens with zero attached hydrogens (tertiary/aromatic N) is 2. The summed E-state index contributed by atoms with van der Waals surface area (Å²) in [5, 5.41) is 11.7. The fourth-order valence-electron chi connectivity index (χ4n) is 0.777. The molecule has 0 spiro atoms. The number of hydrogen-bond acceptors (Lipinski definition) is 4. The summed E-state index contributed by atoms with van der Waals surface area (Å²) in [4.78, 5) is 7.96. The molecule has 1 aromatic rings. The molecule has 0 saturated carbocycles. The van der Waals surface area contributed by atoms with Crippen LogP contribution in [0.5, 0.6) is 0 Å². The SMILES string of the molecule is Cc1cc(Cl)nc(NCCO)n1. The third kappa shape index (κ3) is 2.64. The fourth-order valence-corrected chi connectivity index (χ4v) is 1.01. The second-order valence-corrected chi connectivity index (χ2v) is 2.69. The van der Waals surface area contributed by atoms with E-state index in [0.29, 0.717) is 17.6 Å². The minimum atomic E-state index is 0.0505. The minimum absolute atomic E-state index is 0.0505. The van der Waals surface area contributed by atoms with Crippen LogP contribution < -0.4 is 5.32 Å². The first-order valence-electron chi connectivity index (χ1n) is 3.58. The van der Waals surface area contributed by atoms with E-state index in [4.69, 9.17) is 16.7 Å². The molecular weight excluding hydrogens is 178 g/mol. The van der Waals surface area contributed by atoms with Crippen LogP contribution in [0.15, 0.2) is 6.07 Å². The highest BCUT2D eigenvalue weighted by molar-refractivity contribution is 6.29. The second-order valence-electron chi connectivity index (χ2n) is 2.31. The first kappa shape index (κ1) is 9.22. The Hall–Kier alpha value is -0.870. The molecule has 0 unspecified atom stereocenters. The van der Waals surface area contributed by atoms with Crippen molar-refractivity contribution in [2.24, 2.45) is 0 Å². The summed E-state index contributed by atoms with van der Waals surface area (Å²) in [6.07, 6.45) is 0. The highest BCUT2D eigenvalue weighted by Crippen LogP contribution is 2.08. The lowest BCUT2D eigenvalue weighted by Crippen LogP contribution is -2.08. The molecule has 0 amide bonds. The lowest BCUT2D eigenvalue weighted by Gasteiger charge is -2.02. The average Bonchev–Trinajstić information content (AvgIpc) is 1.99. The first-order valence-corrected chi connectivity index (χ1v) is 3.96. The van der Waals surface area contributed by atoms with Gasteiger partial charge in [0.1, 0.15) is 5.15 Å². The third-order valence-electron chi connectivity index (χ3n) is 1.22. The molecule has 1 rings (SSSR count). The second kappa shape index (κ2) is 4.23. The van der Waals surface area contributed by atoms with Gasteiger partial charge < -0.3 is 10.4 Å². The van der Waals surface area contributed by atoms with Gasteiger partial charge in [0, 0.05) is 12.2 Å². The number of aliphatic hydroxyl groups excluding tert-OH is 1. The Morgan fingerprint density at radius 2 is 2.33 bits per heavy atom. The van der Waals surface area contributed by atoms with Crippen LogP contribution in [0, 0.1) is 6.92 Å². The van der Waals surface area contributed by atoms with Crippen LogP contribution >= 0.6 is 11.6 Å². The fraction of sp³-hybridized carbons (Fsp3) is 0.429. The van der Waals surface area contributed by atoms with E-state index in [0.717, 1.165) is 5.69 Å². The highest BCUT2D eigenvalue weighted by Gasteiger charge is 1.97. The quantitative estimate of drug-likeness (QED) is 0.689. The molecule has 0 bridgehead atoms. The predicted molar refractivity (Wildman–Crippen MR) is 47.4 cm³/mol. The lowest BCUT2D eigenvalue weighted by atomic mass is 10.5. The Labute approximate surface area is 75.6 Å². The Balaban J connectivity index is 2.72. The van der Waals surface area contributed by atoms with Crippen LogP contribution in [-0.2, 0) is 0 Å². The molecule has 5 heteroatoms. The van der Waals surface area contributed by atoms with Crippen molar-refractivity contribution in [3.8, 4) is 0 Å². The number of aliphatic hydroxyl groups is 1. The Morgan fingerprint density at radius 3 is 2.92 bits per heavy atom. The van der Waals surface area contributed by atoms with E-state index in [1.807, 2.05) is 6.92 Å². The van der Waals surface area contributed by atoms with Crippen molar-refractivity contribution in [1.29, 1.82) is 0 Å². The molecule has 0 aliphatic heterocycles. The van der Waals surface area contributed by atoms with E-state index in [1.165, 1.54) is 0 Å². The molecular formula is C7H10ClN3O. The van der Waals surface area contributed by atoms with Gasteiger partial charge in [-0.25, -0.2) is 9.97 Å². The van der Waals surface area contributed by atoms with Crippen molar-refractivity contribution in [3.63, 3.8) is 0 Å². The van der Waals surface area contributed by atoms with Crippen LogP contribution in [0.1, 0.15) is 5.69 Å². The number of halogens is 1. The molecule has 12 heavy (non-hydrogen) atoms. The van der Waals surface area contributed by atoms with Crippen molar-refractivity contribution in [2.45, 2.75) is 6.92 Å². The number of nitrogens with one attached hydrogen (secondary N) is 1. The van der Waals surface area contributed by atoms with Crippen LogP contribution in [0.2, 0.25) is 5.15 Å². The molecule has 0 aromatic carbocycles. The van der Waals surface area contributed by atoms with Gasteiger partial charge in [-0.15, -0.1) is 0 Å². The van der Waals surface area contributed by atoms with Gasteiger partial charge in [0.2, 0.25) is 5.95 Å². The Bertz CT molecular complexity index is 247. The summed E-state index contributed by atoms with van der Waals surface area (Å²) in [6, 6.07) is 1.67. The zero-order chi connectivity index (χ0) is 8.97. The summed E-state index contributed by atoms with van der Waals surface area (Å²) in [7, 11) is 0. The Morgan fingerprint density at radius 1 is 1.58 bits per heavy atom. The Kier molecular flexibility index (Phi) is 3.25. The van der Waals surface area contributed by atoms with Crippen molar-refractivity contribution in [2.75, 3.05) is 18.5 Å². The normalized spacial score (nSPS) is 9.92. The van der Waals surface area contributed by atoms with E-state index in [9.17, 15) is 0 Å². The van der Waals surface area contributed by atoms with Crippen molar-refractivity contribution in [1.82, 2.24) is 9.97 Å². The third-order valence-corrected chi connectivity index (χ3v) is 1.41. The van der Waals surface area contributed by atoms with Gasteiger partial charge in [0.15, 0.2) is 0 Å². The zero-order valence-corrected chi connectivity index (χ0v) is 7.47. The average molecular weight is 188 g/mol. The molecule has 0 saturated heterocycles. The molecule has 0 aliphatic rings. The highest BCUT2D eigenvalue weighted by atomic mass is 35.5. The van der Waals surface area contributed by atoms with Crippen LogP contribution in [-0.4, -0.2) is 28.2 Å². The number of aryl methyl sites for hydroxylation is 1. The summed E-state index contributed by atoms with van der Waals surface area (Å²) in [5.41, 5.74) is 0.801. The summed E-state index contributed by atoms with van der Waals surface area (Å²) < 4.78 is 0. The maximum Gasteiger partial charge on any atom is 0.224 e. The van der Waals surface area contributed by atoms with Crippen molar-refractivity contribution < 1.29 is 5.11 Å². The summed E-state index contributed by atoms with van der Waals surface area (Å²) in [6.45, 7) is 2.31. The van der Waals surface area contributed by atoms with Crippen LogP contribution in [0.3, 0.4) is 0 Å². The maximum absolute atomic E-state index is 8.52. The molecule has 1 heterocycles. The van der Waals surface area contributed by atoms with E-state index in [1.54, 1.807) is 6.07 Å². The van der Waals surface area contributed by atoms with Gasteiger partial charge >= 0.3 is 0 Å². The summed E-state index contributed by atoms with van der Waals surface area (Å²) >= 11 is 5.68. The van der Waals surface area contributed by atoms with Gasteiger partial charge in [0.05, 0.1) is 6.61 Å². The van der Waals surface area contributed by atoms with Crippen molar-refractivity contribution >= 4 is 17.5 Å². The smallest absolute Gasteiger partial charge is 0.224 e. The molecule has 0 radical (unpaired) electrons. The standard InChI is InChI=1S/C7H10ClN3O/c1-5-4-6(8)11-7(10-5)9-2-3-12/h4,12H,2-3H2,1H3,(H,9,10,11). The van der Waals surface area contributed by atoms with E-state index >= 15 is 0 Å². The number of aromatic nitrogens is 2. The van der Waals surface area contributed by atoms with E-state index in [2.05, 4.69) is 15.3 Å². The number of rotatable bonds is 3. The van der Waals surface area contributed by atoms with Gasteiger partial charge in [-0.3, -0.25) is 0 Å². The largest absolute Gasteiger partial charge is 0.395 e. The molecule has 2 N–H and O–H groups in total. The molecule has 0 atom stereocenters. The zero-order valence-electron chi connectivity index (χ0n) is 6.71. The minimum Gasteiger partial charge on any atom is -0.395 e. The monoisotopic (exact) mass is 187 g/mol. The van der Waals surface area contributed by atoms with Crippen molar-refractivity contribution in [3.05, 3.63) is 16.9 Å². The van der Waals surface area contributed by atoms with Crippen LogP contribution in [0.4, 0.5) is 5.95 Å². The molecule has 1 aromatic heterocycles. The van der Waals surface area contributed by atoms with Gasteiger partial charge in [-0.1, -0.05) is 11.6 Å². The molecule has 0 fully saturated rings. The lowest BCUT2D eigenvalue weighted by molar-refractivity contribution is 0.311. The molecule has 66 valence electrons. The van der Waals surface area contributed by atoms with Gasteiger partial charge in [0.25, 0.3) is 0 Å². The maximum atomic E-state index is 8.52. The number of hydrogen-bond donors (Lipinski definition) is 2. The van der Waals surface area contributed by atoms with Gasteiger partial charge in [-0.05, 0) is 13.0 Å². The number of anilines is 1. The molecule has 0 aliphatic carbocycles. The molecule has 4 nitrogen and oxygen atoms in total. The van der Waals surface area contributed by atoms with E-state index < -0.39 is 0 Å². The topological polar surface area (TPSA) is 58.0 Å². The van der Waals surface area contributed by atoms with Gasteiger partial charge in [-0.2, -0.15) is 0 Å². The van der Waals surface area contributed by atoms with Crippen LogP contribution in [0.25, 0.3) is 0 Å². The predicted octanol–water partition coefficient (Wildman–Crippen LogP) is 0.843. The summed E-state index contributed by atoms with van der Waals surface area (Å²) in [5.74, 6) is 0.453.